The average molecular weight is 640 g/mol. The van der Waals surface area contributed by atoms with Crippen LogP contribution in [0.5, 0.6) is 0 Å². The lowest BCUT2D eigenvalue weighted by atomic mass is 9.82. The summed E-state index contributed by atoms with van der Waals surface area (Å²) in [6.45, 7) is 6.72. The van der Waals surface area contributed by atoms with Crippen molar-refractivity contribution in [3.8, 4) is 0 Å². The number of aryl methyl sites for hydroxylation is 1. The number of nitrogens with zero attached hydrogens (tertiary/aromatic N) is 6. The van der Waals surface area contributed by atoms with Gasteiger partial charge in [0.05, 0.1) is 36.2 Å². The monoisotopic (exact) mass is 639 g/mol. The van der Waals surface area contributed by atoms with E-state index in [2.05, 4.69) is 21.1 Å². The molecule has 0 saturated carbocycles. The zero-order valence-electron chi connectivity index (χ0n) is 26.8. The lowest BCUT2D eigenvalue weighted by Gasteiger charge is -2.35. The molecule has 4 N–H and O–H groups in total. The standard InChI is InChI=1S/C32H40F2N8O4/c1-6-24(32(2,3)11-12-35)46-31(44)41(13-14-45-5)18-42-30(43)22-15-21(34)16-23-25(22)28(39-42)26(29-36-17-37-40(29)4)27(38-23)19-7-9-20(33)10-8-19/h7-10,15-17,24,26-27,38H,6,11-14,18,35H2,1-5H3/p+1/t24?,26-,27-/m0/s1. The van der Waals surface area contributed by atoms with Crippen LogP contribution < -0.4 is 16.6 Å². The number of carbonyl (C=O) groups is 1. The SMILES string of the molecule is CCC(OC(=O)N(CCOC)Cn1nc2c3c(cc(F)cc3c1=O)N[C@@H](c1ccc(F)cc1)[C@@H]2c1ncnn1C)C(C)(C)CC[NH3+]. The lowest BCUT2D eigenvalue weighted by Crippen LogP contribution is -2.53. The van der Waals surface area contributed by atoms with Gasteiger partial charge in [-0.3, -0.25) is 14.4 Å². The van der Waals surface area contributed by atoms with Gasteiger partial charge in [-0.2, -0.15) is 10.2 Å². The van der Waals surface area contributed by atoms with Gasteiger partial charge in [0.2, 0.25) is 0 Å². The van der Waals surface area contributed by atoms with Crippen LogP contribution in [-0.2, 0) is 23.2 Å². The first-order valence-electron chi connectivity index (χ1n) is 15.3. The number of methoxy groups -OCH3 is 1. The molecule has 3 atom stereocenters. The van der Waals surface area contributed by atoms with Crippen LogP contribution in [-0.4, -0.2) is 68.4 Å². The molecule has 0 spiro atoms. The second-order valence-electron chi connectivity index (χ2n) is 12.2. The quantitative estimate of drug-likeness (QED) is 0.240. The van der Waals surface area contributed by atoms with Gasteiger partial charge in [0.1, 0.15) is 36.6 Å². The number of nitrogens with one attached hydrogen (secondary N) is 1. The fourth-order valence-corrected chi connectivity index (χ4v) is 6.25. The van der Waals surface area contributed by atoms with Crippen LogP contribution in [0.3, 0.4) is 0 Å². The van der Waals surface area contributed by atoms with E-state index in [1.54, 1.807) is 23.9 Å². The summed E-state index contributed by atoms with van der Waals surface area (Å²) in [5.41, 5.74) is 4.53. The number of benzene rings is 2. The predicted molar refractivity (Wildman–Crippen MR) is 167 cm³/mol. The molecule has 1 aliphatic heterocycles. The maximum Gasteiger partial charge on any atom is 0.411 e. The molecule has 4 aromatic rings. The number of anilines is 1. The Kier molecular flexibility index (Phi) is 9.68. The van der Waals surface area contributed by atoms with Crippen molar-refractivity contribution in [1.29, 1.82) is 0 Å². The van der Waals surface area contributed by atoms with Crippen molar-refractivity contribution < 1.29 is 28.8 Å². The number of amides is 1. The van der Waals surface area contributed by atoms with Crippen molar-refractivity contribution in [2.45, 2.75) is 58.3 Å². The van der Waals surface area contributed by atoms with Crippen molar-refractivity contribution in [3.05, 3.63) is 81.8 Å². The van der Waals surface area contributed by atoms with E-state index < -0.39 is 41.4 Å². The van der Waals surface area contributed by atoms with Crippen LogP contribution in [0, 0.1) is 17.0 Å². The molecular formula is C32H41F2N8O4+. The Bertz CT molecular complexity index is 1760. The van der Waals surface area contributed by atoms with Crippen molar-refractivity contribution in [2.24, 2.45) is 12.5 Å². The molecular weight excluding hydrogens is 598 g/mol. The van der Waals surface area contributed by atoms with Gasteiger partial charge >= 0.3 is 6.09 Å². The second kappa shape index (κ2) is 13.5. The summed E-state index contributed by atoms with van der Waals surface area (Å²) >= 11 is 0. The predicted octanol–water partition coefficient (Wildman–Crippen LogP) is 3.58. The topological polar surface area (TPSA) is 144 Å². The van der Waals surface area contributed by atoms with E-state index in [0.29, 0.717) is 41.1 Å². The molecule has 0 fully saturated rings. The van der Waals surface area contributed by atoms with E-state index in [1.807, 2.05) is 20.8 Å². The molecule has 14 heteroatoms. The van der Waals surface area contributed by atoms with E-state index in [1.165, 1.54) is 42.6 Å². The average Bonchev–Trinajstić information content (AvgIpc) is 3.44. The Morgan fingerprint density at radius 2 is 1.93 bits per heavy atom. The number of rotatable bonds is 12. The van der Waals surface area contributed by atoms with Gasteiger partial charge in [-0.1, -0.05) is 32.9 Å². The first-order chi connectivity index (χ1) is 22.0. The van der Waals surface area contributed by atoms with Gasteiger partial charge in [-0.05, 0) is 36.2 Å². The maximum atomic E-state index is 15.1. The molecule has 12 nitrogen and oxygen atoms in total. The van der Waals surface area contributed by atoms with E-state index in [0.717, 1.165) is 11.1 Å². The molecule has 2 aromatic heterocycles. The highest BCUT2D eigenvalue weighted by atomic mass is 19.1. The van der Waals surface area contributed by atoms with E-state index in [9.17, 15) is 14.0 Å². The first kappa shape index (κ1) is 32.9. The van der Waals surface area contributed by atoms with E-state index in [-0.39, 0.29) is 30.6 Å². The van der Waals surface area contributed by atoms with Gasteiger partial charge in [-0.15, -0.1) is 0 Å². The Balaban J connectivity index is 1.63. The summed E-state index contributed by atoms with van der Waals surface area (Å²) in [5.74, 6) is -1.14. The first-order valence-corrected chi connectivity index (χ1v) is 15.3. The molecule has 0 bridgehead atoms. The van der Waals surface area contributed by atoms with Crippen molar-refractivity contribution in [1.82, 2.24) is 29.4 Å². The van der Waals surface area contributed by atoms with Crippen LogP contribution in [0.2, 0.25) is 0 Å². The molecule has 5 rings (SSSR count). The number of hydrogen-bond acceptors (Lipinski definition) is 8. The highest BCUT2D eigenvalue weighted by molar-refractivity contribution is 5.97. The molecule has 3 heterocycles. The Hall–Kier alpha value is -4.43. The molecule has 0 saturated heterocycles. The molecule has 0 radical (unpaired) electrons. The van der Waals surface area contributed by atoms with Crippen molar-refractivity contribution in [3.63, 3.8) is 0 Å². The number of halogens is 2. The smallest absolute Gasteiger partial charge is 0.411 e. The normalized spacial score (nSPS) is 16.7. The summed E-state index contributed by atoms with van der Waals surface area (Å²) in [6, 6.07) is 7.86. The minimum absolute atomic E-state index is 0.0836. The molecule has 1 aliphatic rings. The largest absolute Gasteiger partial charge is 0.445 e. The van der Waals surface area contributed by atoms with Crippen LogP contribution in [0.15, 0.2) is 47.5 Å². The second-order valence-corrected chi connectivity index (χ2v) is 12.2. The van der Waals surface area contributed by atoms with Gasteiger partial charge in [0.15, 0.2) is 0 Å². The summed E-state index contributed by atoms with van der Waals surface area (Å²) in [5, 5.41) is 13.0. The minimum Gasteiger partial charge on any atom is -0.445 e. The number of carbonyl (C=O) groups excluding carboxylic acids is 1. The van der Waals surface area contributed by atoms with E-state index >= 15 is 4.39 Å². The zero-order valence-corrected chi connectivity index (χ0v) is 26.8. The van der Waals surface area contributed by atoms with Gasteiger partial charge in [0.25, 0.3) is 5.56 Å². The third-order valence-corrected chi connectivity index (χ3v) is 8.68. The number of hydrogen-bond donors (Lipinski definition) is 2. The van der Waals surface area contributed by atoms with Crippen LogP contribution >= 0.6 is 0 Å². The summed E-state index contributed by atoms with van der Waals surface area (Å²) in [6.07, 6.45) is 1.74. The maximum absolute atomic E-state index is 15.1. The molecule has 2 aromatic carbocycles. The van der Waals surface area contributed by atoms with Gasteiger partial charge < -0.3 is 20.5 Å². The highest BCUT2D eigenvalue weighted by Gasteiger charge is 2.39. The Labute approximate surface area is 265 Å². The lowest BCUT2D eigenvalue weighted by molar-refractivity contribution is -0.373. The van der Waals surface area contributed by atoms with Gasteiger partial charge in [-0.25, -0.2) is 23.2 Å². The Morgan fingerprint density at radius 3 is 2.57 bits per heavy atom. The summed E-state index contributed by atoms with van der Waals surface area (Å²) < 4.78 is 43.0. The fraction of sp³-hybridized carbons (Fsp3) is 0.469. The fourth-order valence-electron chi connectivity index (χ4n) is 6.25. The zero-order chi connectivity index (χ0) is 33.2. The summed E-state index contributed by atoms with van der Waals surface area (Å²) in [4.78, 5) is 33.5. The highest BCUT2D eigenvalue weighted by Crippen LogP contribution is 2.46. The summed E-state index contributed by atoms with van der Waals surface area (Å²) in [7, 11) is 3.25. The van der Waals surface area contributed by atoms with Gasteiger partial charge in [0, 0.05) is 43.6 Å². The Morgan fingerprint density at radius 1 is 1.20 bits per heavy atom. The van der Waals surface area contributed by atoms with Crippen LogP contribution in [0.4, 0.5) is 19.3 Å². The van der Waals surface area contributed by atoms with Crippen molar-refractivity contribution in [2.75, 3.05) is 32.1 Å². The number of aromatic nitrogens is 5. The third-order valence-electron chi connectivity index (χ3n) is 8.68. The minimum atomic E-state index is -0.627. The molecule has 0 aliphatic carbocycles. The van der Waals surface area contributed by atoms with Crippen molar-refractivity contribution >= 4 is 22.6 Å². The number of quaternary nitrogens is 1. The third kappa shape index (κ3) is 6.44. The number of ether oxygens (including phenoxy) is 2. The molecule has 246 valence electrons. The molecule has 46 heavy (non-hydrogen) atoms. The molecule has 1 unspecified atom stereocenters. The van der Waals surface area contributed by atoms with Crippen LogP contribution in [0.25, 0.3) is 10.8 Å². The van der Waals surface area contributed by atoms with E-state index in [4.69, 9.17) is 14.6 Å². The molecule has 1 amide bonds. The van der Waals surface area contributed by atoms with Crippen LogP contribution in [0.1, 0.15) is 62.7 Å².